The second-order valence-corrected chi connectivity index (χ2v) is 4.65. The molecule has 0 aromatic heterocycles. The van der Waals surface area contributed by atoms with Crippen molar-refractivity contribution in [1.29, 1.82) is 0 Å². The van der Waals surface area contributed by atoms with Crippen LogP contribution in [-0.2, 0) is 9.59 Å². The molecule has 1 fully saturated rings. The number of nitrogens with zero attached hydrogens (tertiary/aromatic N) is 1. The van der Waals surface area contributed by atoms with E-state index in [1.807, 2.05) is 0 Å². The fourth-order valence-electron chi connectivity index (χ4n) is 2.37. The van der Waals surface area contributed by atoms with Gasteiger partial charge < -0.3 is 4.90 Å². The fourth-order valence-corrected chi connectivity index (χ4v) is 2.37. The molecule has 0 N–H and O–H groups in total. The molecule has 0 unspecified atom stereocenters. The standard InChI is InChI=1S/C13H23NO2/c1-3-4-5-6-9-13(16)12-8-7-10-14(12)11(2)15/h12H,3-10H2,1-2H3/t12-/m0/s1. The molecule has 3 nitrogen and oxygen atoms in total. The van der Waals surface area contributed by atoms with Gasteiger partial charge in [-0.15, -0.1) is 0 Å². The predicted octanol–water partition coefficient (Wildman–Crippen LogP) is 2.54. The summed E-state index contributed by atoms with van der Waals surface area (Å²) in [5.41, 5.74) is 0. The molecule has 0 aromatic carbocycles. The Hall–Kier alpha value is -0.860. The monoisotopic (exact) mass is 225 g/mol. The fraction of sp³-hybridized carbons (Fsp3) is 0.846. The maximum Gasteiger partial charge on any atom is 0.220 e. The zero-order valence-corrected chi connectivity index (χ0v) is 10.5. The molecule has 1 aliphatic rings. The van der Waals surface area contributed by atoms with Crippen molar-refractivity contribution in [1.82, 2.24) is 4.90 Å². The molecule has 1 rings (SSSR count). The number of carbonyl (C=O) groups is 2. The Bertz CT molecular complexity index is 250. The van der Waals surface area contributed by atoms with Gasteiger partial charge >= 0.3 is 0 Å². The van der Waals surface area contributed by atoms with Crippen molar-refractivity contribution < 1.29 is 9.59 Å². The molecule has 1 saturated heterocycles. The maximum atomic E-state index is 11.9. The number of carbonyl (C=O) groups excluding carboxylic acids is 2. The number of rotatable bonds is 6. The highest BCUT2D eigenvalue weighted by atomic mass is 16.2. The van der Waals surface area contributed by atoms with Gasteiger partial charge in [0, 0.05) is 19.9 Å². The molecule has 0 spiro atoms. The van der Waals surface area contributed by atoms with Crippen molar-refractivity contribution in [2.75, 3.05) is 6.54 Å². The number of likely N-dealkylation sites (tertiary alicyclic amines) is 1. The first-order valence-electron chi connectivity index (χ1n) is 6.46. The SMILES string of the molecule is CCCCCCC(=O)[C@@H]1CCCN1C(C)=O. The van der Waals surface area contributed by atoms with E-state index in [0.717, 1.165) is 32.2 Å². The predicted molar refractivity (Wildman–Crippen MR) is 64.2 cm³/mol. The quantitative estimate of drug-likeness (QED) is 0.651. The van der Waals surface area contributed by atoms with Crippen molar-refractivity contribution in [3.8, 4) is 0 Å². The van der Waals surface area contributed by atoms with Crippen LogP contribution in [0.5, 0.6) is 0 Å². The van der Waals surface area contributed by atoms with Gasteiger partial charge in [-0.3, -0.25) is 9.59 Å². The first-order chi connectivity index (χ1) is 7.66. The van der Waals surface area contributed by atoms with Crippen LogP contribution in [0.3, 0.4) is 0 Å². The summed E-state index contributed by atoms with van der Waals surface area (Å²) in [5.74, 6) is 0.313. The molecule has 3 heteroatoms. The van der Waals surface area contributed by atoms with Crippen molar-refractivity contribution in [3.05, 3.63) is 0 Å². The average molecular weight is 225 g/mol. The lowest BCUT2D eigenvalue weighted by molar-refractivity contribution is -0.136. The van der Waals surface area contributed by atoms with Crippen LogP contribution in [-0.4, -0.2) is 29.2 Å². The van der Waals surface area contributed by atoms with Crippen LogP contribution in [0, 0.1) is 0 Å². The van der Waals surface area contributed by atoms with Gasteiger partial charge in [0.2, 0.25) is 5.91 Å². The van der Waals surface area contributed by atoms with E-state index in [9.17, 15) is 9.59 Å². The minimum Gasteiger partial charge on any atom is -0.333 e. The van der Waals surface area contributed by atoms with Crippen LogP contribution >= 0.6 is 0 Å². The van der Waals surface area contributed by atoms with Gasteiger partial charge in [0.05, 0.1) is 6.04 Å². The second-order valence-electron chi connectivity index (χ2n) is 4.65. The lowest BCUT2D eigenvalue weighted by Crippen LogP contribution is -2.39. The van der Waals surface area contributed by atoms with Crippen LogP contribution < -0.4 is 0 Å². The number of ketones is 1. The number of unbranched alkanes of at least 4 members (excludes halogenated alkanes) is 3. The normalized spacial score (nSPS) is 20.1. The van der Waals surface area contributed by atoms with Crippen molar-refractivity contribution in [2.24, 2.45) is 0 Å². The van der Waals surface area contributed by atoms with E-state index in [2.05, 4.69) is 6.92 Å². The minimum atomic E-state index is -0.112. The summed E-state index contributed by atoms with van der Waals surface area (Å²) in [7, 11) is 0. The molecular weight excluding hydrogens is 202 g/mol. The highest BCUT2D eigenvalue weighted by Gasteiger charge is 2.31. The molecule has 0 saturated carbocycles. The Morgan fingerprint density at radius 3 is 2.62 bits per heavy atom. The molecule has 92 valence electrons. The Kier molecular flexibility index (Phi) is 5.50. The van der Waals surface area contributed by atoms with E-state index in [1.54, 1.807) is 11.8 Å². The van der Waals surface area contributed by atoms with Gasteiger partial charge in [0.25, 0.3) is 0 Å². The molecule has 1 amide bonds. The smallest absolute Gasteiger partial charge is 0.220 e. The molecule has 0 aliphatic carbocycles. The topological polar surface area (TPSA) is 37.4 Å². The molecule has 1 aliphatic heterocycles. The summed E-state index contributed by atoms with van der Waals surface area (Å²) in [5, 5.41) is 0. The van der Waals surface area contributed by atoms with Gasteiger partial charge in [0.15, 0.2) is 5.78 Å². The largest absolute Gasteiger partial charge is 0.333 e. The van der Waals surface area contributed by atoms with Gasteiger partial charge in [-0.25, -0.2) is 0 Å². The van der Waals surface area contributed by atoms with E-state index in [-0.39, 0.29) is 17.7 Å². The van der Waals surface area contributed by atoms with E-state index in [0.29, 0.717) is 6.42 Å². The molecular formula is C13H23NO2. The summed E-state index contributed by atoms with van der Waals surface area (Å²) >= 11 is 0. The number of Topliss-reactive ketones (excluding diaryl/α,β-unsaturated/α-hetero) is 1. The highest BCUT2D eigenvalue weighted by molar-refractivity contribution is 5.88. The van der Waals surface area contributed by atoms with E-state index < -0.39 is 0 Å². The Morgan fingerprint density at radius 2 is 2.00 bits per heavy atom. The van der Waals surface area contributed by atoms with E-state index >= 15 is 0 Å². The zero-order valence-electron chi connectivity index (χ0n) is 10.5. The zero-order chi connectivity index (χ0) is 12.0. The van der Waals surface area contributed by atoms with Crippen molar-refractivity contribution in [3.63, 3.8) is 0 Å². The summed E-state index contributed by atoms with van der Waals surface area (Å²) in [6, 6.07) is -0.112. The van der Waals surface area contributed by atoms with Gasteiger partial charge in [-0.1, -0.05) is 26.2 Å². The molecule has 0 radical (unpaired) electrons. The molecule has 0 bridgehead atoms. The molecule has 0 aromatic rings. The van der Waals surface area contributed by atoms with E-state index in [1.165, 1.54) is 12.8 Å². The van der Waals surface area contributed by atoms with E-state index in [4.69, 9.17) is 0 Å². The highest BCUT2D eigenvalue weighted by Crippen LogP contribution is 2.20. The van der Waals surface area contributed by atoms with Crippen molar-refractivity contribution >= 4 is 11.7 Å². The van der Waals surface area contributed by atoms with Crippen LogP contribution in [0.4, 0.5) is 0 Å². The Balaban J connectivity index is 2.32. The van der Waals surface area contributed by atoms with Gasteiger partial charge in [-0.2, -0.15) is 0 Å². The number of amides is 1. The summed E-state index contributed by atoms with van der Waals surface area (Å²) in [6.07, 6.45) is 7.00. The first kappa shape index (κ1) is 13.2. The van der Waals surface area contributed by atoms with Crippen LogP contribution in [0.25, 0.3) is 0 Å². The summed E-state index contributed by atoms with van der Waals surface area (Å²) in [4.78, 5) is 25.0. The minimum absolute atomic E-state index is 0.0457. The third-order valence-corrected chi connectivity index (χ3v) is 3.31. The Morgan fingerprint density at radius 1 is 1.25 bits per heavy atom. The second kappa shape index (κ2) is 6.66. The van der Waals surface area contributed by atoms with Gasteiger partial charge in [0.1, 0.15) is 0 Å². The summed E-state index contributed by atoms with van der Waals surface area (Å²) < 4.78 is 0. The van der Waals surface area contributed by atoms with Crippen molar-refractivity contribution in [2.45, 2.75) is 64.8 Å². The van der Waals surface area contributed by atoms with Gasteiger partial charge in [-0.05, 0) is 19.3 Å². The maximum absolute atomic E-state index is 11.9. The lowest BCUT2D eigenvalue weighted by atomic mass is 10.0. The molecule has 1 heterocycles. The lowest BCUT2D eigenvalue weighted by Gasteiger charge is -2.21. The Labute approximate surface area is 98.2 Å². The first-order valence-corrected chi connectivity index (χ1v) is 6.46. The summed E-state index contributed by atoms with van der Waals surface area (Å²) in [6.45, 7) is 4.49. The average Bonchev–Trinajstić information content (AvgIpc) is 2.73. The molecule has 16 heavy (non-hydrogen) atoms. The third-order valence-electron chi connectivity index (χ3n) is 3.31. The van der Waals surface area contributed by atoms with Crippen LogP contribution in [0.15, 0.2) is 0 Å². The number of hydrogen-bond acceptors (Lipinski definition) is 2. The molecule has 1 atom stereocenters. The number of hydrogen-bond donors (Lipinski definition) is 0. The third kappa shape index (κ3) is 3.62. The van der Waals surface area contributed by atoms with Crippen LogP contribution in [0.2, 0.25) is 0 Å². The van der Waals surface area contributed by atoms with Crippen LogP contribution in [0.1, 0.15) is 58.8 Å².